The minimum Gasteiger partial charge on any atom is -0.444 e. The predicted molar refractivity (Wildman–Crippen MR) is 71.7 cm³/mol. The van der Waals surface area contributed by atoms with Crippen LogP contribution < -0.4 is 29.6 Å². The van der Waals surface area contributed by atoms with E-state index < -0.39 is 0 Å². The molecule has 3 rings (SSSR count). The zero-order chi connectivity index (χ0) is 13.8. The van der Waals surface area contributed by atoms with Crippen molar-refractivity contribution in [3.05, 3.63) is 62.2 Å². The van der Waals surface area contributed by atoms with Crippen LogP contribution in [0.5, 0.6) is 0 Å². The van der Waals surface area contributed by atoms with E-state index in [1.165, 1.54) is 18.4 Å². The van der Waals surface area contributed by atoms with Crippen molar-refractivity contribution in [2.45, 2.75) is 18.8 Å². The monoisotopic (exact) mass is 282 g/mol. The molecule has 6 nitrogen and oxygen atoms in total. The average Bonchev–Trinajstić information content (AvgIpc) is 3.22. The van der Waals surface area contributed by atoms with E-state index in [0.29, 0.717) is 5.92 Å². The smallest absolute Gasteiger partial charge is 0.444 e. The maximum absolute atomic E-state index is 10.9. The van der Waals surface area contributed by atoms with E-state index in [-0.39, 0.29) is 40.2 Å². The molecule has 0 aliphatic heterocycles. The van der Waals surface area contributed by atoms with E-state index in [4.69, 9.17) is 10.1 Å². The Labute approximate surface area is 137 Å². The Hall–Kier alpha value is -1.50. The minimum atomic E-state index is -0.307. The summed E-state index contributed by atoms with van der Waals surface area (Å²) in [4.78, 5) is 18.6. The molecule has 0 N–H and O–H groups in total. The summed E-state index contributed by atoms with van der Waals surface area (Å²) < 4.78 is 0. The Morgan fingerprint density at radius 1 is 1.10 bits per heavy atom. The molecular weight excluding hydrogens is 271 g/mol. The van der Waals surface area contributed by atoms with Gasteiger partial charge in [-0.25, -0.2) is 0 Å². The number of nitro groups is 1. The number of rotatable bonds is 2. The molecule has 1 saturated carbocycles. The van der Waals surface area contributed by atoms with E-state index in [0.717, 1.165) is 16.1 Å². The van der Waals surface area contributed by atoms with Gasteiger partial charge in [0.15, 0.2) is 0 Å². The van der Waals surface area contributed by atoms with E-state index in [2.05, 4.69) is 0 Å². The molecule has 1 aliphatic carbocycles. The van der Waals surface area contributed by atoms with Crippen LogP contribution in [0.15, 0.2) is 41.7 Å². The number of nitrogens with zero attached hydrogens (tertiary/aromatic N) is 2. The van der Waals surface area contributed by atoms with Crippen LogP contribution in [-0.4, -0.2) is 4.92 Å². The second kappa shape index (κ2) is 7.33. The molecule has 2 aromatic rings. The number of non-ortho nitro benzene ring substituents is 1. The minimum absolute atomic E-state index is 0. The Bertz CT molecular complexity index is 629. The summed E-state index contributed by atoms with van der Waals surface area (Å²) in [5.74, 6) is 0.616. The predicted octanol–water partition coefficient (Wildman–Crippen LogP) is 0.880. The Balaban J connectivity index is 0.000000462. The quantitative estimate of drug-likeness (QED) is 0.353. The van der Waals surface area contributed by atoms with E-state index >= 15 is 0 Å². The first kappa shape index (κ1) is 16.6. The molecule has 98 valence electrons. The van der Waals surface area contributed by atoms with Gasteiger partial charge in [-0.2, -0.15) is 0 Å². The molecular formula is C13H11N2NaO4. The SMILES string of the molecule is O=N[O-].O=[N+]([O-])c1ccc(C2CC2)c2ccccc12.[Na+]. The Morgan fingerprint density at radius 3 is 2.15 bits per heavy atom. The van der Waals surface area contributed by atoms with Crippen LogP contribution >= 0.6 is 0 Å². The molecule has 2 aromatic carbocycles. The summed E-state index contributed by atoms with van der Waals surface area (Å²) in [5, 5.41) is 21.7. The van der Waals surface area contributed by atoms with Gasteiger partial charge in [0.05, 0.1) is 10.3 Å². The van der Waals surface area contributed by atoms with Gasteiger partial charge in [-0.1, -0.05) is 24.3 Å². The van der Waals surface area contributed by atoms with Gasteiger partial charge in [0.2, 0.25) is 0 Å². The molecule has 1 fully saturated rings. The molecule has 0 radical (unpaired) electrons. The number of nitro benzene ring substituents is 1. The fourth-order valence-electron chi connectivity index (χ4n) is 2.22. The maximum atomic E-state index is 10.9. The number of hydrogen-bond acceptors (Lipinski definition) is 5. The van der Waals surface area contributed by atoms with Crippen molar-refractivity contribution in [1.29, 1.82) is 0 Å². The van der Waals surface area contributed by atoms with Crippen molar-refractivity contribution in [1.82, 2.24) is 0 Å². The van der Waals surface area contributed by atoms with Gasteiger partial charge in [0.25, 0.3) is 5.69 Å². The van der Waals surface area contributed by atoms with Gasteiger partial charge < -0.3 is 10.1 Å². The zero-order valence-corrected chi connectivity index (χ0v) is 13.0. The van der Waals surface area contributed by atoms with Crippen LogP contribution in [-0.2, 0) is 0 Å². The summed E-state index contributed by atoms with van der Waals surface area (Å²) in [6, 6.07) is 11.2. The molecule has 0 atom stereocenters. The summed E-state index contributed by atoms with van der Waals surface area (Å²) in [5.41, 5.74) is 1.47. The fourth-order valence-corrected chi connectivity index (χ4v) is 2.22. The van der Waals surface area contributed by atoms with Crippen LogP contribution in [0.2, 0.25) is 0 Å². The standard InChI is InChI=1S/C13H11NO2.HNO2.Na/c15-14(16)13-8-7-10(9-5-6-9)11-3-1-2-4-12(11)13;2-1-3;/h1-4,7-9H,5-6H2;(H,2,3);/q;;+1/p-1. The third-order valence-electron chi connectivity index (χ3n) is 3.15. The first-order chi connectivity index (χ1) is 9.19. The Kier molecular flexibility index (Phi) is 6.06. The number of benzene rings is 2. The number of hydrogen-bond donors (Lipinski definition) is 0. The molecule has 0 spiro atoms. The first-order valence-corrected chi connectivity index (χ1v) is 5.80. The average molecular weight is 282 g/mol. The van der Waals surface area contributed by atoms with Crippen molar-refractivity contribution in [3.63, 3.8) is 0 Å². The fraction of sp³-hybridized carbons (Fsp3) is 0.231. The molecule has 7 heteroatoms. The van der Waals surface area contributed by atoms with Crippen molar-refractivity contribution < 1.29 is 34.5 Å². The van der Waals surface area contributed by atoms with Crippen molar-refractivity contribution in [3.8, 4) is 0 Å². The van der Waals surface area contributed by atoms with Crippen LogP contribution in [0.3, 0.4) is 0 Å². The second-order valence-electron chi connectivity index (χ2n) is 4.33. The van der Waals surface area contributed by atoms with Crippen LogP contribution in [0.25, 0.3) is 10.8 Å². The summed E-state index contributed by atoms with van der Waals surface area (Å²) >= 11 is 0. The molecule has 0 amide bonds. The summed E-state index contributed by atoms with van der Waals surface area (Å²) in [6.45, 7) is 0. The van der Waals surface area contributed by atoms with Crippen molar-refractivity contribution >= 4 is 16.5 Å². The van der Waals surface area contributed by atoms with E-state index in [9.17, 15) is 10.1 Å². The summed E-state index contributed by atoms with van der Waals surface area (Å²) in [7, 11) is 0. The summed E-state index contributed by atoms with van der Waals surface area (Å²) in [6.07, 6.45) is 2.42. The third-order valence-corrected chi connectivity index (χ3v) is 3.15. The number of fused-ring (bicyclic) bond motifs is 1. The van der Waals surface area contributed by atoms with Gasteiger partial charge in [-0.15, -0.1) is 5.34 Å². The Morgan fingerprint density at radius 2 is 1.65 bits per heavy atom. The molecule has 0 unspecified atom stereocenters. The third kappa shape index (κ3) is 3.53. The molecule has 0 aromatic heterocycles. The van der Waals surface area contributed by atoms with Gasteiger partial charge in [0.1, 0.15) is 0 Å². The van der Waals surface area contributed by atoms with E-state index in [1.54, 1.807) is 6.07 Å². The van der Waals surface area contributed by atoms with Crippen LogP contribution in [0.4, 0.5) is 5.69 Å². The zero-order valence-electron chi connectivity index (χ0n) is 11.0. The molecule has 20 heavy (non-hydrogen) atoms. The second-order valence-corrected chi connectivity index (χ2v) is 4.33. The molecule has 0 saturated heterocycles. The van der Waals surface area contributed by atoms with Crippen LogP contribution in [0.1, 0.15) is 24.3 Å². The van der Waals surface area contributed by atoms with Gasteiger partial charge in [-0.3, -0.25) is 10.1 Å². The molecule has 0 heterocycles. The van der Waals surface area contributed by atoms with Crippen LogP contribution in [0, 0.1) is 20.2 Å². The maximum Gasteiger partial charge on any atom is 1.00 e. The molecule has 1 aliphatic rings. The first-order valence-electron chi connectivity index (χ1n) is 5.80. The van der Waals surface area contributed by atoms with Gasteiger partial charge in [-0.05, 0) is 35.8 Å². The normalized spacial score (nSPS) is 12.8. The van der Waals surface area contributed by atoms with Crippen molar-refractivity contribution in [2.75, 3.05) is 0 Å². The van der Waals surface area contributed by atoms with Gasteiger partial charge in [0, 0.05) is 6.07 Å². The topological polar surface area (TPSA) is 95.6 Å². The van der Waals surface area contributed by atoms with E-state index in [1.807, 2.05) is 30.3 Å². The van der Waals surface area contributed by atoms with Gasteiger partial charge >= 0.3 is 29.6 Å². The van der Waals surface area contributed by atoms with Crippen molar-refractivity contribution in [2.24, 2.45) is 5.34 Å². The molecule has 0 bridgehead atoms. The largest absolute Gasteiger partial charge is 1.00 e.